The lowest BCUT2D eigenvalue weighted by atomic mass is 10.3. The summed E-state index contributed by atoms with van der Waals surface area (Å²) >= 11 is 5.77. The molecular weight excluding hydrogens is 278 g/mol. The number of halogens is 1. The summed E-state index contributed by atoms with van der Waals surface area (Å²) in [4.78, 5) is 19.8. The van der Waals surface area contributed by atoms with Crippen LogP contribution < -0.4 is 10.1 Å². The molecule has 6 heteroatoms. The van der Waals surface area contributed by atoms with Crippen LogP contribution in [0.3, 0.4) is 0 Å². The molecular formula is C14H14ClN3O2. The molecule has 0 fully saturated rings. The zero-order valence-corrected chi connectivity index (χ0v) is 11.7. The van der Waals surface area contributed by atoms with Gasteiger partial charge >= 0.3 is 0 Å². The summed E-state index contributed by atoms with van der Waals surface area (Å²) in [6.07, 6.45) is 2.41. The van der Waals surface area contributed by atoms with Gasteiger partial charge in [-0.15, -0.1) is 0 Å². The summed E-state index contributed by atoms with van der Waals surface area (Å²) in [5.41, 5.74) is 0.316. The van der Waals surface area contributed by atoms with Gasteiger partial charge in [-0.1, -0.05) is 24.6 Å². The molecule has 1 N–H and O–H groups in total. The van der Waals surface area contributed by atoms with Crippen molar-refractivity contribution in [3.05, 3.63) is 47.4 Å². The molecule has 0 bridgehead atoms. The van der Waals surface area contributed by atoms with Crippen molar-refractivity contribution in [3.63, 3.8) is 0 Å². The number of carbonyl (C=O) groups excluding carboxylic acids is 1. The van der Waals surface area contributed by atoms with Crippen molar-refractivity contribution in [2.75, 3.05) is 6.54 Å². The van der Waals surface area contributed by atoms with E-state index < -0.39 is 0 Å². The van der Waals surface area contributed by atoms with Gasteiger partial charge in [-0.05, 0) is 18.6 Å². The first-order chi connectivity index (χ1) is 9.69. The second-order valence-corrected chi connectivity index (χ2v) is 4.42. The molecule has 5 nitrogen and oxygen atoms in total. The molecule has 0 radical (unpaired) electrons. The summed E-state index contributed by atoms with van der Waals surface area (Å²) in [7, 11) is 0. The van der Waals surface area contributed by atoms with Crippen LogP contribution in [0.4, 0.5) is 0 Å². The van der Waals surface area contributed by atoms with Gasteiger partial charge in [0.1, 0.15) is 16.6 Å². The van der Waals surface area contributed by atoms with Crippen LogP contribution in [0.15, 0.2) is 36.5 Å². The van der Waals surface area contributed by atoms with Crippen LogP contribution in [-0.2, 0) is 0 Å². The van der Waals surface area contributed by atoms with E-state index in [9.17, 15) is 4.79 Å². The minimum absolute atomic E-state index is 0.218. The molecule has 0 aromatic carbocycles. The van der Waals surface area contributed by atoms with Gasteiger partial charge in [0.05, 0.1) is 0 Å². The summed E-state index contributed by atoms with van der Waals surface area (Å²) < 4.78 is 5.54. The number of carbonyl (C=O) groups is 1. The Bertz CT molecular complexity index is 604. The number of aromatic nitrogens is 2. The van der Waals surface area contributed by atoms with Crippen molar-refractivity contribution >= 4 is 17.5 Å². The van der Waals surface area contributed by atoms with E-state index in [2.05, 4.69) is 15.3 Å². The van der Waals surface area contributed by atoms with E-state index in [4.69, 9.17) is 16.3 Å². The van der Waals surface area contributed by atoms with E-state index in [1.807, 2.05) is 6.92 Å². The third-order valence-electron chi connectivity index (χ3n) is 2.41. The van der Waals surface area contributed by atoms with Gasteiger partial charge in [0.15, 0.2) is 0 Å². The van der Waals surface area contributed by atoms with Crippen LogP contribution in [-0.4, -0.2) is 22.4 Å². The number of ether oxygens (including phenoxy) is 1. The normalized spacial score (nSPS) is 10.1. The Kier molecular flexibility index (Phi) is 4.90. The highest BCUT2D eigenvalue weighted by atomic mass is 35.5. The fourth-order valence-corrected chi connectivity index (χ4v) is 1.66. The number of amides is 1. The molecule has 1 amide bonds. The third-order valence-corrected chi connectivity index (χ3v) is 2.62. The quantitative estimate of drug-likeness (QED) is 0.860. The molecule has 104 valence electrons. The smallest absolute Gasteiger partial charge is 0.270 e. The molecule has 2 aromatic rings. The summed E-state index contributed by atoms with van der Waals surface area (Å²) in [5.74, 6) is 0.630. The SMILES string of the molecule is CCCNC(=O)c1cccc(Oc2ccnc(Cl)c2)n1. The van der Waals surface area contributed by atoms with Crippen LogP contribution in [0.5, 0.6) is 11.6 Å². The van der Waals surface area contributed by atoms with Crippen LogP contribution in [0.25, 0.3) is 0 Å². The molecule has 2 heterocycles. The van der Waals surface area contributed by atoms with E-state index in [0.717, 1.165) is 6.42 Å². The van der Waals surface area contributed by atoms with E-state index in [0.29, 0.717) is 29.0 Å². The molecule has 0 unspecified atom stereocenters. The van der Waals surface area contributed by atoms with Gasteiger partial charge in [0.25, 0.3) is 5.91 Å². The molecule has 0 saturated heterocycles. The number of hydrogen-bond donors (Lipinski definition) is 1. The van der Waals surface area contributed by atoms with Crippen LogP contribution >= 0.6 is 11.6 Å². The maximum Gasteiger partial charge on any atom is 0.270 e. The Morgan fingerprint density at radius 1 is 1.40 bits per heavy atom. The Hall–Kier alpha value is -2.14. The number of nitrogens with zero attached hydrogens (tertiary/aromatic N) is 2. The first-order valence-corrected chi connectivity index (χ1v) is 6.61. The number of rotatable bonds is 5. The highest BCUT2D eigenvalue weighted by Gasteiger charge is 2.08. The van der Waals surface area contributed by atoms with Gasteiger partial charge in [0, 0.05) is 24.9 Å². The fourth-order valence-electron chi connectivity index (χ4n) is 1.50. The van der Waals surface area contributed by atoms with Crippen molar-refractivity contribution in [1.82, 2.24) is 15.3 Å². The minimum Gasteiger partial charge on any atom is -0.439 e. The minimum atomic E-state index is -0.218. The number of nitrogens with one attached hydrogen (secondary N) is 1. The molecule has 20 heavy (non-hydrogen) atoms. The second-order valence-electron chi connectivity index (χ2n) is 4.03. The first-order valence-electron chi connectivity index (χ1n) is 6.23. The van der Waals surface area contributed by atoms with Gasteiger partial charge in [0.2, 0.25) is 5.88 Å². The van der Waals surface area contributed by atoms with Gasteiger partial charge in [-0.2, -0.15) is 0 Å². The molecule has 0 spiro atoms. The van der Waals surface area contributed by atoms with E-state index in [1.54, 1.807) is 30.3 Å². The predicted molar refractivity (Wildman–Crippen MR) is 76.2 cm³/mol. The third kappa shape index (κ3) is 3.93. The lowest BCUT2D eigenvalue weighted by molar-refractivity contribution is 0.0948. The van der Waals surface area contributed by atoms with Gasteiger partial charge in [-0.25, -0.2) is 9.97 Å². The Morgan fingerprint density at radius 3 is 3.00 bits per heavy atom. The molecule has 2 rings (SSSR count). The van der Waals surface area contributed by atoms with Crippen molar-refractivity contribution < 1.29 is 9.53 Å². The van der Waals surface area contributed by atoms with Crippen molar-refractivity contribution in [2.45, 2.75) is 13.3 Å². The van der Waals surface area contributed by atoms with E-state index >= 15 is 0 Å². The lowest BCUT2D eigenvalue weighted by Crippen LogP contribution is -2.24. The topological polar surface area (TPSA) is 64.1 Å². The van der Waals surface area contributed by atoms with E-state index in [-0.39, 0.29) is 5.91 Å². The lowest BCUT2D eigenvalue weighted by Gasteiger charge is -2.07. The predicted octanol–water partition coefficient (Wildman–Crippen LogP) is 3.06. The van der Waals surface area contributed by atoms with Crippen LogP contribution in [0, 0.1) is 0 Å². The summed E-state index contributed by atoms with van der Waals surface area (Å²) in [5, 5.41) is 3.09. The van der Waals surface area contributed by atoms with Crippen LogP contribution in [0.2, 0.25) is 5.15 Å². The highest BCUT2D eigenvalue weighted by Crippen LogP contribution is 2.21. The fraction of sp³-hybridized carbons (Fsp3) is 0.214. The first kappa shape index (κ1) is 14.3. The molecule has 0 aliphatic heterocycles. The number of hydrogen-bond acceptors (Lipinski definition) is 4. The molecule has 0 aliphatic carbocycles. The standard InChI is InChI=1S/C14H14ClN3O2/c1-2-7-17-14(19)11-4-3-5-13(18-11)20-10-6-8-16-12(15)9-10/h3-6,8-9H,2,7H2,1H3,(H,17,19). The zero-order chi connectivity index (χ0) is 14.4. The Labute approximate surface area is 122 Å². The van der Waals surface area contributed by atoms with Gasteiger partial charge < -0.3 is 10.1 Å². The van der Waals surface area contributed by atoms with Gasteiger partial charge in [-0.3, -0.25) is 4.79 Å². The second kappa shape index (κ2) is 6.86. The summed E-state index contributed by atoms with van der Waals surface area (Å²) in [6.45, 7) is 2.60. The molecule has 2 aromatic heterocycles. The maximum atomic E-state index is 11.8. The molecule has 0 aliphatic rings. The Balaban J connectivity index is 2.11. The average Bonchev–Trinajstić information content (AvgIpc) is 2.45. The largest absolute Gasteiger partial charge is 0.439 e. The molecule has 0 saturated carbocycles. The molecule has 0 atom stereocenters. The Morgan fingerprint density at radius 2 is 2.25 bits per heavy atom. The van der Waals surface area contributed by atoms with Crippen LogP contribution in [0.1, 0.15) is 23.8 Å². The summed E-state index contributed by atoms with van der Waals surface area (Å²) in [6, 6.07) is 8.26. The van der Waals surface area contributed by atoms with Crippen molar-refractivity contribution in [3.8, 4) is 11.6 Å². The average molecular weight is 292 g/mol. The monoisotopic (exact) mass is 291 g/mol. The highest BCUT2D eigenvalue weighted by molar-refractivity contribution is 6.29. The number of pyridine rings is 2. The van der Waals surface area contributed by atoms with E-state index in [1.165, 1.54) is 6.20 Å². The zero-order valence-electron chi connectivity index (χ0n) is 11.0. The van der Waals surface area contributed by atoms with Crippen molar-refractivity contribution in [2.24, 2.45) is 0 Å². The van der Waals surface area contributed by atoms with Crippen molar-refractivity contribution in [1.29, 1.82) is 0 Å². The maximum absolute atomic E-state index is 11.8.